The summed E-state index contributed by atoms with van der Waals surface area (Å²) in [5.41, 5.74) is 2.72. The number of carbonyl (C=O) groups excluding carboxylic acids is 1. The van der Waals surface area contributed by atoms with Gasteiger partial charge in [0.15, 0.2) is 6.04 Å². The van der Waals surface area contributed by atoms with Crippen molar-refractivity contribution in [1.82, 2.24) is 0 Å². The van der Waals surface area contributed by atoms with Gasteiger partial charge in [0.25, 0.3) is 0 Å². The number of hydrogen-bond donors (Lipinski definition) is 0. The van der Waals surface area contributed by atoms with Crippen LogP contribution in [-0.2, 0) is 9.53 Å². The van der Waals surface area contributed by atoms with E-state index in [0.29, 0.717) is 16.3 Å². The summed E-state index contributed by atoms with van der Waals surface area (Å²) in [6.45, 7) is -0.484. The van der Waals surface area contributed by atoms with Gasteiger partial charge in [-0.05, 0) is 17.7 Å². The number of halogens is 1. The zero-order valence-corrected chi connectivity index (χ0v) is 17.6. The first kappa shape index (κ1) is 22.2. The first-order valence-corrected chi connectivity index (χ1v) is 10.0. The fourth-order valence-corrected chi connectivity index (χ4v) is 3.46. The van der Waals surface area contributed by atoms with Crippen molar-refractivity contribution in [3.8, 4) is 0 Å². The SMILES string of the molecule is COC(=O)[C@@H](N=C(c1ccccc1)c1ccccc1)[C@H](C[N+](=O)[O-])c1ccc(Cl)cc1. The highest BCUT2D eigenvalue weighted by atomic mass is 35.5. The third-order valence-corrected chi connectivity index (χ3v) is 5.08. The second kappa shape index (κ2) is 10.5. The first-order valence-electron chi connectivity index (χ1n) is 9.63. The number of methoxy groups -OCH3 is 1. The third-order valence-electron chi connectivity index (χ3n) is 4.83. The fourth-order valence-electron chi connectivity index (χ4n) is 3.33. The predicted molar refractivity (Wildman–Crippen MR) is 120 cm³/mol. The molecule has 6 nitrogen and oxygen atoms in total. The van der Waals surface area contributed by atoms with E-state index in [2.05, 4.69) is 0 Å². The Labute approximate surface area is 185 Å². The van der Waals surface area contributed by atoms with E-state index in [1.807, 2.05) is 60.7 Å². The van der Waals surface area contributed by atoms with Crippen molar-refractivity contribution in [2.75, 3.05) is 13.7 Å². The van der Waals surface area contributed by atoms with E-state index in [1.165, 1.54) is 7.11 Å². The minimum atomic E-state index is -1.12. The number of carbonyl (C=O) groups is 1. The van der Waals surface area contributed by atoms with Crippen LogP contribution in [0.2, 0.25) is 5.02 Å². The maximum atomic E-state index is 12.8. The lowest BCUT2D eigenvalue weighted by molar-refractivity contribution is -0.483. The number of rotatable bonds is 8. The Kier molecular flexibility index (Phi) is 7.51. The summed E-state index contributed by atoms with van der Waals surface area (Å²) in [6.07, 6.45) is 0. The van der Waals surface area contributed by atoms with Gasteiger partial charge in [0.1, 0.15) is 0 Å². The molecule has 3 aromatic rings. The van der Waals surface area contributed by atoms with Gasteiger partial charge in [-0.3, -0.25) is 15.1 Å². The molecule has 0 saturated carbocycles. The molecule has 3 aromatic carbocycles. The highest BCUT2D eigenvalue weighted by Crippen LogP contribution is 2.27. The number of aliphatic imine (C=N–C) groups is 1. The molecular weight excluding hydrogens is 416 g/mol. The van der Waals surface area contributed by atoms with Crippen LogP contribution in [0.4, 0.5) is 0 Å². The van der Waals surface area contributed by atoms with Crippen molar-refractivity contribution in [3.63, 3.8) is 0 Å². The summed E-state index contributed by atoms with van der Waals surface area (Å²) in [5, 5.41) is 12.0. The Hall–Kier alpha value is -3.51. The molecule has 2 atom stereocenters. The number of hydrogen-bond acceptors (Lipinski definition) is 5. The van der Waals surface area contributed by atoms with Crippen LogP contribution >= 0.6 is 11.6 Å². The molecule has 0 radical (unpaired) electrons. The Balaban J connectivity index is 2.17. The molecule has 158 valence electrons. The second-order valence-electron chi connectivity index (χ2n) is 6.85. The molecule has 0 unspecified atom stereocenters. The summed E-state index contributed by atoms with van der Waals surface area (Å²) in [7, 11) is 1.25. The van der Waals surface area contributed by atoms with E-state index < -0.39 is 29.4 Å². The smallest absolute Gasteiger partial charge is 0.331 e. The molecule has 0 N–H and O–H groups in total. The number of nitrogens with zero attached hydrogens (tertiary/aromatic N) is 2. The van der Waals surface area contributed by atoms with Gasteiger partial charge in [0, 0.05) is 21.1 Å². The average molecular weight is 437 g/mol. The van der Waals surface area contributed by atoms with Crippen molar-refractivity contribution < 1.29 is 14.5 Å². The van der Waals surface area contributed by atoms with Crippen molar-refractivity contribution in [1.29, 1.82) is 0 Å². The normalized spacial score (nSPS) is 12.5. The number of esters is 1. The average Bonchev–Trinajstić information content (AvgIpc) is 2.80. The minimum absolute atomic E-state index is 0.449. The Morgan fingerprint density at radius 1 is 0.968 bits per heavy atom. The van der Waals surface area contributed by atoms with Crippen LogP contribution in [0, 0.1) is 10.1 Å². The highest BCUT2D eigenvalue weighted by Gasteiger charge is 2.35. The topological polar surface area (TPSA) is 81.8 Å². The third kappa shape index (κ3) is 5.77. The number of benzene rings is 3. The first-order chi connectivity index (χ1) is 15.0. The van der Waals surface area contributed by atoms with E-state index in [9.17, 15) is 14.9 Å². The van der Waals surface area contributed by atoms with Crippen LogP contribution in [0.25, 0.3) is 0 Å². The lowest BCUT2D eigenvalue weighted by Gasteiger charge is -2.21. The zero-order valence-electron chi connectivity index (χ0n) is 16.9. The lowest BCUT2D eigenvalue weighted by Crippen LogP contribution is -2.33. The summed E-state index contributed by atoms with van der Waals surface area (Å²) in [4.78, 5) is 28.6. The van der Waals surface area contributed by atoms with Gasteiger partial charge in [0.2, 0.25) is 6.54 Å². The van der Waals surface area contributed by atoms with Gasteiger partial charge in [0.05, 0.1) is 18.7 Å². The van der Waals surface area contributed by atoms with Gasteiger partial charge in [-0.1, -0.05) is 84.4 Å². The summed E-state index contributed by atoms with van der Waals surface area (Å²) in [6, 6.07) is 24.3. The predicted octanol–water partition coefficient (Wildman–Crippen LogP) is 4.78. The molecule has 7 heteroatoms. The standard InChI is InChI=1S/C24H21ClN2O4/c1-31-24(28)23(21(16-27(29)30)17-12-14-20(25)15-13-17)26-22(18-8-4-2-5-9-18)19-10-6-3-7-11-19/h2-15,21,23H,16H2,1H3/t21-,23+/m1/s1. The molecule has 0 fully saturated rings. The molecule has 0 aliphatic rings. The van der Waals surface area contributed by atoms with Crippen LogP contribution in [0.3, 0.4) is 0 Å². The van der Waals surface area contributed by atoms with E-state index in [1.54, 1.807) is 24.3 Å². The van der Waals surface area contributed by atoms with Crippen LogP contribution < -0.4 is 0 Å². The molecule has 0 aliphatic carbocycles. The number of ether oxygens (including phenoxy) is 1. The zero-order chi connectivity index (χ0) is 22.2. The Morgan fingerprint density at radius 2 is 1.48 bits per heavy atom. The molecule has 0 bridgehead atoms. The molecule has 0 spiro atoms. The second-order valence-corrected chi connectivity index (χ2v) is 7.29. The molecule has 0 aliphatic heterocycles. The largest absolute Gasteiger partial charge is 0.467 e. The molecular formula is C24H21ClN2O4. The van der Waals surface area contributed by atoms with Crippen LogP contribution in [0.5, 0.6) is 0 Å². The van der Waals surface area contributed by atoms with Crippen LogP contribution in [-0.4, -0.2) is 36.3 Å². The van der Waals surface area contributed by atoms with Gasteiger partial charge >= 0.3 is 5.97 Å². The maximum Gasteiger partial charge on any atom is 0.331 e. The van der Waals surface area contributed by atoms with Gasteiger partial charge in [-0.2, -0.15) is 0 Å². The molecule has 0 amide bonds. The van der Waals surface area contributed by atoms with E-state index in [0.717, 1.165) is 11.1 Å². The van der Waals surface area contributed by atoms with Crippen molar-refractivity contribution in [3.05, 3.63) is 117 Å². The van der Waals surface area contributed by atoms with Crippen molar-refractivity contribution in [2.24, 2.45) is 4.99 Å². The Morgan fingerprint density at radius 3 is 1.94 bits per heavy atom. The fraction of sp³-hybridized carbons (Fsp3) is 0.167. The maximum absolute atomic E-state index is 12.8. The number of nitro groups is 1. The molecule has 0 saturated heterocycles. The van der Waals surface area contributed by atoms with Crippen molar-refractivity contribution in [2.45, 2.75) is 12.0 Å². The Bertz CT molecular complexity index is 1010. The summed E-state index contributed by atoms with van der Waals surface area (Å²) < 4.78 is 5.00. The highest BCUT2D eigenvalue weighted by molar-refractivity contribution is 6.30. The molecule has 0 aromatic heterocycles. The van der Waals surface area contributed by atoms with Crippen LogP contribution in [0.1, 0.15) is 22.6 Å². The molecule has 31 heavy (non-hydrogen) atoms. The van der Waals surface area contributed by atoms with Crippen LogP contribution in [0.15, 0.2) is 89.9 Å². The van der Waals surface area contributed by atoms with Crippen molar-refractivity contribution >= 4 is 23.3 Å². The van der Waals surface area contributed by atoms with Gasteiger partial charge < -0.3 is 4.74 Å². The molecule has 3 rings (SSSR count). The monoisotopic (exact) mass is 436 g/mol. The summed E-state index contributed by atoms with van der Waals surface area (Å²) >= 11 is 5.98. The lowest BCUT2D eigenvalue weighted by atomic mass is 9.91. The minimum Gasteiger partial charge on any atom is -0.467 e. The summed E-state index contributed by atoms with van der Waals surface area (Å²) in [5.74, 6) is -1.48. The van der Waals surface area contributed by atoms with E-state index in [4.69, 9.17) is 21.3 Å². The van der Waals surface area contributed by atoms with Gasteiger partial charge in [-0.25, -0.2) is 4.79 Å². The van der Waals surface area contributed by atoms with Gasteiger partial charge in [-0.15, -0.1) is 0 Å². The quantitative estimate of drug-likeness (QED) is 0.220. The molecule has 0 heterocycles. The van der Waals surface area contributed by atoms with E-state index in [-0.39, 0.29) is 0 Å². The van der Waals surface area contributed by atoms with E-state index >= 15 is 0 Å².